The van der Waals surface area contributed by atoms with E-state index in [-0.39, 0.29) is 35.9 Å². The quantitative estimate of drug-likeness (QED) is 0.722. The Labute approximate surface area is 200 Å². The van der Waals surface area contributed by atoms with E-state index in [0.29, 0.717) is 23.7 Å². The van der Waals surface area contributed by atoms with Crippen molar-refractivity contribution >= 4 is 29.1 Å². The molecule has 2 amide bonds. The van der Waals surface area contributed by atoms with Crippen LogP contribution in [0.3, 0.4) is 0 Å². The van der Waals surface area contributed by atoms with Crippen LogP contribution >= 0.6 is 11.6 Å². The van der Waals surface area contributed by atoms with E-state index in [2.05, 4.69) is 31.3 Å². The predicted molar refractivity (Wildman–Crippen MR) is 130 cm³/mol. The number of hydrogen-bond donors (Lipinski definition) is 1. The molecule has 0 spiro atoms. The van der Waals surface area contributed by atoms with Crippen LogP contribution in [0.25, 0.3) is 0 Å². The standard InChI is InChI=1S/C26H29ClN4O2/c1-17(29-15-24(32)30-12-6-7-19(30)14-28)16-31-23-9-5-4-8-22(23)26(2,3)21-11-10-18(27)13-20(21)25(31)33/h4-5,8-11,13,17,19,29H,6-7,12,15-16H2,1-3H3/t17-,19?/m1/s1. The highest BCUT2D eigenvalue weighted by Gasteiger charge is 2.37. The van der Waals surface area contributed by atoms with Gasteiger partial charge in [-0.05, 0) is 49.1 Å². The molecule has 2 aliphatic heterocycles. The maximum absolute atomic E-state index is 13.7. The lowest BCUT2D eigenvalue weighted by Crippen LogP contribution is -2.47. The number of rotatable bonds is 5. The summed E-state index contributed by atoms with van der Waals surface area (Å²) in [7, 11) is 0. The molecule has 1 N–H and O–H groups in total. The lowest BCUT2D eigenvalue weighted by atomic mass is 9.76. The Kier molecular flexibility index (Phi) is 6.47. The zero-order valence-corrected chi connectivity index (χ0v) is 20.0. The van der Waals surface area contributed by atoms with E-state index in [1.54, 1.807) is 15.9 Å². The van der Waals surface area contributed by atoms with Gasteiger partial charge in [-0.2, -0.15) is 5.26 Å². The normalized spacial score (nSPS) is 20.0. The summed E-state index contributed by atoms with van der Waals surface area (Å²) in [5, 5.41) is 13.0. The van der Waals surface area contributed by atoms with Crippen molar-refractivity contribution < 1.29 is 9.59 Å². The number of benzene rings is 2. The zero-order valence-electron chi connectivity index (χ0n) is 19.3. The SMILES string of the molecule is C[C@H](CN1C(=O)c2cc(Cl)ccc2C(C)(C)c2ccccc21)NCC(=O)N1CCCC1C#N. The Morgan fingerprint density at radius 2 is 2.03 bits per heavy atom. The molecule has 2 heterocycles. The van der Waals surface area contributed by atoms with Gasteiger partial charge in [-0.3, -0.25) is 9.59 Å². The second-order valence-corrected chi connectivity index (χ2v) is 9.84. The molecule has 1 saturated heterocycles. The van der Waals surface area contributed by atoms with Crippen molar-refractivity contribution in [1.82, 2.24) is 10.2 Å². The third kappa shape index (κ3) is 4.36. The minimum atomic E-state index is -0.379. The van der Waals surface area contributed by atoms with Crippen LogP contribution in [0.1, 0.15) is 55.1 Å². The van der Waals surface area contributed by atoms with Gasteiger partial charge in [0, 0.05) is 40.8 Å². The molecule has 6 nitrogen and oxygen atoms in total. The van der Waals surface area contributed by atoms with Crippen molar-refractivity contribution in [2.75, 3.05) is 24.5 Å². The minimum Gasteiger partial charge on any atom is -0.326 e. The highest BCUT2D eigenvalue weighted by atomic mass is 35.5. The van der Waals surface area contributed by atoms with Gasteiger partial charge in [0.2, 0.25) is 5.91 Å². The summed E-state index contributed by atoms with van der Waals surface area (Å²) in [6.07, 6.45) is 1.59. The smallest absolute Gasteiger partial charge is 0.258 e. The average molecular weight is 465 g/mol. The van der Waals surface area contributed by atoms with Crippen LogP contribution in [-0.2, 0) is 10.2 Å². The molecule has 2 atom stereocenters. The van der Waals surface area contributed by atoms with Crippen LogP contribution in [-0.4, -0.2) is 48.4 Å². The van der Waals surface area contributed by atoms with Gasteiger partial charge in [0.1, 0.15) is 6.04 Å². The van der Waals surface area contributed by atoms with Gasteiger partial charge in [0.15, 0.2) is 0 Å². The van der Waals surface area contributed by atoms with Crippen molar-refractivity contribution in [2.24, 2.45) is 0 Å². The largest absolute Gasteiger partial charge is 0.326 e. The van der Waals surface area contributed by atoms with Gasteiger partial charge in [-0.1, -0.05) is 49.7 Å². The number of nitrogens with zero attached hydrogens (tertiary/aromatic N) is 3. The van der Waals surface area contributed by atoms with Gasteiger partial charge in [-0.25, -0.2) is 0 Å². The average Bonchev–Trinajstić information content (AvgIpc) is 3.27. The van der Waals surface area contributed by atoms with E-state index < -0.39 is 0 Å². The number of carbonyl (C=O) groups excluding carboxylic acids is 2. The van der Waals surface area contributed by atoms with Gasteiger partial charge >= 0.3 is 0 Å². The summed E-state index contributed by atoms with van der Waals surface area (Å²) in [6, 6.07) is 15.2. The maximum Gasteiger partial charge on any atom is 0.258 e. The second-order valence-electron chi connectivity index (χ2n) is 9.40. The minimum absolute atomic E-state index is 0.0771. The van der Waals surface area contributed by atoms with Crippen molar-refractivity contribution in [1.29, 1.82) is 5.26 Å². The number of likely N-dealkylation sites (tertiary alicyclic amines) is 1. The number of para-hydroxylation sites is 1. The van der Waals surface area contributed by atoms with Crippen molar-refractivity contribution in [3.8, 4) is 6.07 Å². The fraction of sp³-hybridized carbons (Fsp3) is 0.423. The Bertz CT molecular complexity index is 1120. The third-order valence-electron chi connectivity index (χ3n) is 6.78. The Morgan fingerprint density at radius 3 is 2.79 bits per heavy atom. The molecule has 2 aromatic carbocycles. The molecule has 172 valence electrons. The summed E-state index contributed by atoms with van der Waals surface area (Å²) in [5.74, 6) is -0.179. The van der Waals surface area contributed by atoms with Gasteiger partial charge in [0.05, 0.1) is 12.6 Å². The highest BCUT2D eigenvalue weighted by Crippen LogP contribution is 2.43. The van der Waals surface area contributed by atoms with Gasteiger partial charge < -0.3 is 15.1 Å². The molecule has 0 aromatic heterocycles. The van der Waals surface area contributed by atoms with Crippen LogP contribution in [0.4, 0.5) is 5.69 Å². The lowest BCUT2D eigenvalue weighted by Gasteiger charge is -2.30. The molecular formula is C26H29ClN4O2. The van der Waals surface area contributed by atoms with Crippen LogP contribution in [0, 0.1) is 11.3 Å². The molecule has 0 aliphatic carbocycles. The number of nitriles is 1. The Hall–Kier alpha value is -2.88. The molecular weight excluding hydrogens is 436 g/mol. The van der Waals surface area contributed by atoms with Crippen LogP contribution in [0.2, 0.25) is 5.02 Å². The maximum atomic E-state index is 13.7. The molecule has 1 fully saturated rings. The van der Waals surface area contributed by atoms with E-state index >= 15 is 0 Å². The highest BCUT2D eigenvalue weighted by molar-refractivity contribution is 6.31. The van der Waals surface area contributed by atoms with E-state index in [4.69, 9.17) is 11.6 Å². The van der Waals surface area contributed by atoms with E-state index in [0.717, 1.165) is 29.7 Å². The first kappa shape index (κ1) is 23.3. The molecule has 0 bridgehead atoms. The lowest BCUT2D eigenvalue weighted by molar-refractivity contribution is -0.130. The van der Waals surface area contributed by atoms with E-state index in [1.807, 2.05) is 37.3 Å². The number of nitrogens with one attached hydrogen (secondary N) is 1. The second kappa shape index (κ2) is 9.17. The molecule has 1 unspecified atom stereocenters. The summed E-state index contributed by atoms with van der Waals surface area (Å²) < 4.78 is 0. The van der Waals surface area contributed by atoms with Crippen molar-refractivity contribution in [2.45, 2.75) is 51.1 Å². The van der Waals surface area contributed by atoms with Gasteiger partial charge in [-0.15, -0.1) is 0 Å². The number of anilines is 1. The molecule has 33 heavy (non-hydrogen) atoms. The van der Waals surface area contributed by atoms with Crippen molar-refractivity contribution in [3.05, 3.63) is 64.2 Å². The summed E-state index contributed by atoms with van der Waals surface area (Å²) in [4.78, 5) is 29.8. The fourth-order valence-corrected chi connectivity index (χ4v) is 5.13. The van der Waals surface area contributed by atoms with Crippen molar-refractivity contribution in [3.63, 3.8) is 0 Å². The molecule has 0 radical (unpaired) electrons. The van der Waals surface area contributed by atoms with E-state index in [1.165, 1.54) is 0 Å². The fourth-order valence-electron chi connectivity index (χ4n) is 4.96. The van der Waals surface area contributed by atoms with E-state index in [9.17, 15) is 14.9 Å². The molecule has 7 heteroatoms. The number of hydrogen-bond acceptors (Lipinski definition) is 4. The summed E-state index contributed by atoms with van der Waals surface area (Å²) in [5.41, 5.74) is 3.09. The summed E-state index contributed by atoms with van der Waals surface area (Å²) in [6.45, 7) is 7.36. The number of halogens is 1. The monoisotopic (exact) mass is 464 g/mol. The topological polar surface area (TPSA) is 76.4 Å². The first-order valence-corrected chi connectivity index (χ1v) is 11.8. The zero-order chi connectivity index (χ0) is 23.8. The Balaban J connectivity index is 1.58. The predicted octanol–water partition coefficient (Wildman–Crippen LogP) is 4.12. The first-order chi connectivity index (χ1) is 15.7. The summed E-state index contributed by atoms with van der Waals surface area (Å²) >= 11 is 6.28. The first-order valence-electron chi connectivity index (χ1n) is 11.4. The third-order valence-corrected chi connectivity index (χ3v) is 7.01. The number of fused-ring (bicyclic) bond motifs is 2. The van der Waals surface area contributed by atoms with Crippen LogP contribution in [0.15, 0.2) is 42.5 Å². The molecule has 4 rings (SSSR count). The number of amides is 2. The van der Waals surface area contributed by atoms with Gasteiger partial charge in [0.25, 0.3) is 5.91 Å². The molecule has 2 aliphatic rings. The number of carbonyl (C=O) groups is 2. The molecule has 0 saturated carbocycles. The molecule has 2 aromatic rings. The van der Waals surface area contributed by atoms with Crippen LogP contribution < -0.4 is 10.2 Å². The Morgan fingerprint density at radius 1 is 1.27 bits per heavy atom. The van der Waals surface area contributed by atoms with Crippen LogP contribution in [0.5, 0.6) is 0 Å².